The van der Waals surface area contributed by atoms with Crippen molar-refractivity contribution in [1.82, 2.24) is 10.6 Å². The topological polar surface area (TPSA) is 131 Å². The number of ketones is 1. The summed E-state index contributed by atoms with van der Waals surface area (Å²) in [5.74, 6) is -4.75. The Morgan fingerprint density at radius 1 is 1.18 bits per heavy atom. The number of nitrogens with zero attached hydrogens (tertiary/aromatic N) is 1. The Labute approximate surface area is 181 Å². The Morgan fingerprint density at radius 2 is 1.82 bits per heavy atom. The molecule has 14 heteroatoms. The van der Waals surface area contributed by atoms with Crippen LogP contribution in [-0.2, 0) is 0 Å². The number of hydrogen-bond acceptors (Lipinski definition) is 6. The third-order valence-corrected chi connectivity index (χ3v) is 4.90. The van der Waals surface area contributed by atoms with Crippen LogP contribution in [0.3, 0.4) is 0 Å². The fraction of sp³-hybridized carbons (Fsp3) is 0.263. The summed E-state index contributed by atoms with van der Waals surface area (Å²) in [5.41, 5.74) is -5.95. The van der Waals surface area contributed by atoms with Crippen LogP contribution >= 0.6 is 0 Å². The number of nitro groups is 1. The molecule has 0 bridgehead atoms. The van der Waals surface area contributed by atoms with Crippen molar-refractivity contribution in [3.8, 4) is 5.75 Å². The van der Waals surface area contributed by atoms with Crippen LogP contribution < -0.4 is 15.4 Å². The van der Waals surface area contributed by atoms with E-state index >= 15 is 0 Å². The lowest BCUT2D eigenvalue weighted by Gasteiger charge is -2.45. The second-order valence-corrected chi connectivity index (χ2v) is 6.91. The van der Waals surface area contributed by atoms with E-state index in [-0.39, 0.29) is 5.56 Å². The monoisotopic (exact) mass is 475 g/mol. The van der Waals surface area contributed by atoms with E-state index in [1.54, 1.807) is 0 Å². The van der Waals surface area contributed by atoms with Gasteiger partial charge in [0.25, 0.3) is 5.69 Å². The summed E-state index contributed by atoms with van der Waals surface area (Å²) in [4.78, 5) is 35.4. The molecule has 0 unspecified atom stereocenters. The van der Waals surface area contributed by atoms with Gasteiger partial charge < -0.3 is 20.5 Å². The molecule has 1 aliphatic heterocycles. The molecule has 0 aliphatic carbocycles. The molecule has 1 heterocycles. The highest BCUT2D eigenvalue weighted by Gasteiger charge is 2.66. The molecule has 3 N–H and O–H groups in total. The van der Waals surface area contributed by atoms with Gasteiger partial charge >= 0.3 is 18.8 Å². The molecule has 3 atom stereocenters. The zero-order valence-corrected chi connectivity index (χ0v) is 16.2. The SMILES string of the molecule is O=C1N[C@H](c2cc([N+](=O)[O-])ccc2OC(F)F)[C@H](C(=O)c2ccccc2)[C@](O)(C(F)(F)F)N1. The van der Waals surface area contributed by atoms with Crippen LogP contribution in [0.1, 0.15) is 22.0 Å². The predicted octanol–water partition coefficient (Wildman–Crippen LogP) is 3.30. The summed E-state index contributed by atoms with van der Waals surface area (Å²) in [6, 6.07) is 4.63. The van der Waals surface area contributed by atoms with Crippen LogP contribution in [0.25, 0.3) is 0 Å². The summed E-state index contributed by atoms with van der Waals surface area (Å²) >= 11 is 0. The van der Waals surface area contributed by atoms with Gasteiger partial charge in [0.1, 0.15) is 11.7 Å². The van der Waals surface area contributed by atoms with Gasteiger partial charge in [0.05, 0.1) is 11.0 Å². The molecule has 9 nitrogen and oxygen atoms in total. The maximum absolute atomic E-state index is 13.9. The summed E-state index contributed by atoms with van der Waals surface area (Å²) < 4.78 is 71.9. The largest absolute Gasteiger partial charge is 0.437 e. The van der Waals surface area contributed by atoms with Gasteiger partial charge in [-0.3, -0.25) is 14.9 Å². The van der Waals surface area contributed by atoms with Gasteiger partial charge in [-0.05, 0) is 6.07 Å². The number of ether oxygens (including phenoxy) is 1. The Bertz CT molecular complexity index is 1080. The average Bonchev–Trinajstić information content (AvgIpc) is 2.72. The third-order valence-electron chi connectivity index (χ3n) is 4.90. The van der Waals surface area contributed by atoms with E-state index in [0.29, 0.717) is 12.1 Å². The van der Waals surface area contributed by atoms with Crippen LogP contribution in [0, 0.1) is 16.0 Å². The number of nitro benzene ring substituents is 1. The Hall–Kier alpha value is -3.81. The fourth-order valence-electron chi connectivity index (χ4n) is 3.48. The Balaban J connectivity index is 2.27. The first-order valence-electron chi connectivity index (χ1n) is 9.05. The standard InChI is InChI=1S/C19H14F5N3O6/c20-16(21)33-12-7-6-10(27(31)32)8-11(12)14-13(15(28)9-4-2-1-3-5-9)18(30,19(22,23)24)26-17(29)25-14/h1-8,13-14,16,30H,(H2,25,26,29)/t13-,14-,18+/m1/s1. The molecule has 2 amide bonds. The van der Waals surface area contributed by atoms with E-state index in [4.69, 9.17) is 0 Å². The van der Waals surface area contributed by atoms with Crippen molar-refractivity contribution in [3.63, 3.8) is 0 Å². The van der Waals surface area contributed by atoms with E-state index in [9.17, 15) is 46.8 Å². The van der Waals surface area contributed by atoms with Crippen molar-refractivity contribution < 1.29 is 46.3 Å². The second-order valence-electron chi connectivity index (χ2n) is 6.91. The van der Waals surface area contributed by atoms with Crippen molar-refractivity contribution in [1.29, 1.82) is 0 Å². The summed E-state index contributed by atoms with van der Waals surface area (Å²) in [7, 11) is 0. The molecule has 1 aliphatic rings. The highest BCUT2D eigenvalue weighted by molar-refractivity contribution is 6.00. The number of carbonyl (C=O) groups is 2. The molecule has 1 fully saturated rings. The fourth-order valence-corrected chi connectivity index (χ4v) is 3.48. The number of nitrogens with one attached hydrogen (secondary N) is 2. The molecular weight excluding hydrogens is 461 g/mol. The van der Waals surface area contributed by atoms with Crippen LogP contribution in [0.5, 0.6) is 5.75 Å². The lowest BCUT2D eigenvalue weighted by molar-refractivity contribution is -0.385. The number of non-ortho nitro benzene ring substituents is 1. The van der Waals surface area contributed by atoms with Gasteiger partial charge in [-0.25, -0.2) is 4.79 Å². The van der Waals surface area contributed by atoms with Gasteiger partial charge in [0, 0.05) is 23.3 Å². The highest BCUT2D eigenvalue weighted by atomic mass is 19.4. The first-order chi connectivity index (χ1) is 15.3. The summed E-state index contributed by atoms with van der Waals surface area (Å²) in [5, 5.41) is 24.9. The molecular formula is C19H14F5N3O6. The number of rotatable bonds is 6. The molecule has 3 rings (SSSR count). The maximum atomic E-state index is 13.9. The van der Waals surface area contributed by atoms with Crippen molar-refractivity contribution in [2.75, 3.05) is 0 Å². The van der Waals surface area contributed by atoms with Gasteiger partial charge in [-0.1, -0.05) is 30.3 Å². The molecule has 0 spiro atoms. The van der Waals surface area contributed by atoms with Crippen molar-refractivity contribution in [2.45, 2.75) is 24.6 Å². The summed E-state index contributed by atoms with van der Waals surface area (Å²) in [6.07, 6.45) is -5.61. The minimum absolute atomic E-state index is 0.310. The molecule has 2 aromatic carbocycles. The summed E-state index contributed by atoms with van der Waals surface area (Å²) in [6.45, 7) is -3.49. The van der Waals surface area contributed by atoms with Crippen molar-refractivity contribution >= 4 is 17.5 Å². The first-order valence-corrected chi connectivity index (χ1v) is 9.05. The minimum atomic E-state index is -5.61. The van der Waals surface area contributed by atoms with Gasteiger partial charge in [0.2, 0.25) is 5.72 Å². The number of aliphatic hydroxyl groups is 1. The Morgan fingerprint density at radius 3 is 2.36 bits per heavy atom. The lowest BCUT2D eigenvalue weighted by atomic mass is 9.77. The number of urea groups is 1. The smallest absolute Gasteiger partial charge is 0.434 e. The molecule has 176 valence electrons. The lowest BCUT2D eigenvalue weighted by Crippen LogP contribution is -2.72. The molecule has 0 aromatic heterocycles. The number of hydrogen-bond donors (Lipinski definition) is 3. The first kappa shape index (κ1) is 23.8. The van der Waals surface area contributed by atoms with Gasteiger partial charge in [-0.15, -0.1) is 0 Å². The molecule has 0 radical (unpaired) electrons. The van der Waals surface area contributed by atoms with Gasteiger partial charge in [0.15, 0.2) is 5.78 Å². The maximum Gasteiger partial charge on any atom is 0.437 e. The quantitative estimate of drug-likeness (QED) is 0.254. The van der Waals surface area contributed by atoms with E-state index in [1.165, 1.54) is 23.5 Å². The van der Waals surface area contributed by atoms with E-state index in [2.05, 4.69) is 4.74 Å². The van der Waals surface area contributed by atoms with Crippen LogP contribution in [0.2, 0.25) is 0 Å². The predicted molar refractivity (Wildman–Crippen MR) is 99.4 cm³/mol. The van der Waals surface area contributed by atoms with E-state index < -0.39 is 64.2 Å². The molecule has 2 aromatic rings. The number of alkyl halides is 5. The average molecular weight is 475 g/mol. The number of carbonyl (C=O) groups excluding carboxylic acids is 2. The number of Topliss-reactive ketones (excluding diaryl/α,β-unsaturated/α-hetero) is 1. The van der Waals surface area contributed by atoms with Crippen LogP contribution in [0.4, 0.5) is 32.4 Å². The minimum Gasteiger partial charge on any atom is -0.434 e. The number of amides is 2. The van der Waals surface area contributed by atoms with E-state index in [0.717, 1.165) is 18.2 Å². The zero-order valence-electron chi connectivity index (χ0n) is 16.2. The highest BCUT2D eigenvalue weighted by Crippen LogP contribution is 2.46. The second kappa shape index (κ2) is 8.61. The van der Waals surface area contributed by atoms with Crippen LogP contribution in [0.15, 0.2) is 48.5 Å². The van der Waals surface area contributed by atoms with Crippen LogP contribution in [-0.4, -0.2) is 40.4 Å². The third kappa shape index (κ3) is 4.55. The van der Waals surface area contributed by atoms with E-state index in [1.807, 2.05) is 5.32 Å². The molecule has 0 saturated carbocycles. The van der Waals surface area contributed by atoms with Crippen molar-refractivity contribution in [2.24, 2.45) is 5.92 Å². The molecule has 33 heavy (non-hydrogen) atoms. The van der Waals surface area contributed by atoms with Gasteiger partial charge in [-0.2, -0.15) is 22.0 Å². The number of benzene rings is 2. The van der Waals surface area contributed by atoms with Crippen molar-refractivity contribution in [3.05, 3.63) is 69.8 Å². The Kier molecular flexibility index (Phi) is 6.22. The zero-order chi connectivity index (χ0) is 24.6. The molecule has 1 saturated heterocycles. The number of halogens is 5. The normalized spacial score (nSPS) is 22.9.